The van der Waals surface area contributed by atoms with E-state index in [0.717, 1.165) is 18.7 Å². The van der Waals surface area contributed by atoms with Gasteiger partial charge in [-0.3, -0.25) is 4.68 Å². The van der Waals surface area contributed by atoms with Gasteiger partial charge in [-0.05, 0) is 51.8 Å². The highest BCUT2D eigenvalue weighted by atomic mass is 15.3. The second-order valence-electron chi connectivity index (χ2n) is 5.96. The van der Waals surface area contributed by atoms with E-state index in [2.05, 4.69) is 63.2 Å². The highest BCUT2D eigenvalue weighted by Gasteiger charge is 2.22. The minimum Gasteiger partial charge on any atom is -0.306 e. The highest BCUT2D eigenvalue weighted by Crippen LogP contribution is 2.29. The van der Waals surface area contributed by atoms with Crippen LogP contribution in [0.5, 0.6) is 0 Å². The lowest BCUT2D eigenvalue weighted by atomic mass is 9.92. The smallest absolute Gasteiger partial charge is 0.0647 e. The number of rotatable bonds is 5. The van der Waals surface area contributed by atoms with E-state index in [0.29, 0.717) is 0 Å². The van der Waals surface area contributed by atoms with Crippen LogP contribution in [0.15, 0.2) is 18.2 Å². The van der Waals surface area contributed by atoms with Gasteiger partial charge in [0, 0.05) is 18.3 Å². The van der Waals surface area contributed by atoms with E-state index in [4.69, 9.17) is 0 Å². The second kappa shape index (κ2) is 6.44. The van der Waals surface area contributed by atoms with Gasteiger partial charge in [-0.25, -0.2) is 0 Å². The van der Waals surface area contributed by atoms with E-state index in [9.17, 15) is 0 Å². The van der Waals surface area contributed by atoms with Crippen molar-refractivity contribution in [3.8, 4) is 0 Å². The SMILES string of the molecule is CCCNC(c1ccc(C)cc1C)c1c(C)nn(C)c1C. The van der Waals surface area contributed by atoms with E-state index in [1.54, 1.807) is 0 Å². The van der Waals surface area contributed by atoms with Crippen molar-refractivity contribution in [2.24, 2.45) is 7.05 Å². The van der Waals surface area contributed by atoms with Crippen LogP contribution < -0.4 is 5.32 Å². The maximum atomic E-state index is 4.59. The van der Waals surface area contributed by atoms with E-state index >= 15 is 0 Å². The topological polar surface area (TPSA) is 29.9 Å². The van der Waals surface area contributed by atoms with Crippen molar-refractivity contribution in [1.29, 1.82) is 0 Å². The summed E-state index contributed by atoms with van der Waals surface area (Å²) in [6.45, 7) is 11.8. The van der Waals surface area contributed by atoms with Gasteiger partial charge in [0.15, 0.2) is 0 Å². The molecule has 0 radical (unpaired) electrons. The van der Waals surface area contributed by atoms with Gasteiger partial charge >= 0.3 is 0 Å². The van der Waals surface area contributed by atoms with Crippen molar-refractivity contribution in [3.63, 3.8) is 0 Å². The van der Waals surface area contributed by atoms with Crippen molar-refractivity contribution in [2.45, 2.75) is 47.1 Å². The number of nitrogens with zero attached hydrogens (tertiary/aromatic N) is 2. The minimum absolute atomic E-state index is 0.222. The van der Waals surface area contributed by atoms with E-state index in [-0.39, 0.29) is 6.04 Å². The summed E-state index contributed by atoms with van der Waals surface area (Å²) in [4.78, 5) is 0. The summed E-state index contributed by atoms with van der Waals surface area (Å²) in [7, 11) is 2.02. The first kappa shape index (κ1) is 15.8. The van der Waals surface area contributed by atoms with E-state index in [1.807, 2.05) is 11.7 Å². The lowest BCUT2D eigenvalue weighted by Crippen LogP contribution is -2.25. The van der Waals surface area contributed by atoms with Crippen molar-refractivity contribution in [3.05, 3.63) is 51.8 Å². The number of aryl methyl sites for hydroxylation is 4. The maximum absolute atomic E-state index is 4.59. The first-order valence-corrected chi connectivity index (χ1v) is 7.76. The number of nitrogens with one attached hydrogen (secondary N) is 1. The normalized spacial score (nSPS) is 12.7. The van der Waals surface area contributed by atoms with E-state index < -0.39 is 0 Å². The quantitative estimate of drug-likeness (QED) is 0.907. The number of hydrogen-bond acceptors (Lipinski definition) is 2. The van der Waals surface area contributed by atoms with Gasteiger partial charge in [0.25, 0.3) is 0 Å². The number of aromatic nitrogens is 2. The number of benzene rings is 1. The van der Waals surface area contributed by atoms with Crippen LogP contribution in [0.3, 0.4) is 0 Å². The molecule has 114 valence electrons. The van der Waals surface area contributed by atoms with Crippen LogP contribution in [-0.2, 0) is 7.05 Å². The Kier molecular flexibility index (Phi) is 4.84. The van der Waals surface area contributed by atoms with Crippen molar-refractivity contribution in [2.75, 3.05) is 6.54 Å². The molecule has 1 unspecified atom stereocenters. The molecule has 1 N–H and O–H groups in total. The lowest BCUT2D eigenvalue weighted by Gasteiger charge is -2.22. The molecule has 0 aliphatic rings. The molecular formula is C18H27N3. The molecule has 2 rings (SSSR count). The fourth-order valence-electron chi connectivity index (χ4n) is 3.01. The maximum Gasteiger partial charge on any atom is 0.0647 e. The Morgan fingerprint density at radius 2 is 1.90 bits per heavy atom. The van der Waals surface area contributed by atoms with Gasteiger partial charge in [-0.2, -0.15) is 5.10 Å². The van der Waals surface area contributed by atoms with Crippen LogP contribution >= 0.6 is 0 Å². The second-order valence-corrected chi connectivity index (χ2v) is 5.96. The molecule has 1 atom stereocenters. The molecule has 3 heteroatoms. The summed E-state index contributed by atoms with van der Waals surface area (Å²) in [5, 5.41) is 8.29. The third kappa shape index (κ3) is 3.18. The fourth-order valence-corrected chi connectivity index (χ4v) is 3.01. The highest BCUT2D eigenvalue weighted by molar-refractivity contribution is 5.42. The first-order chi connectivity index (χ1) is 9.95. The Morgan fingerprint density at radius 1 is 1.19 bits per heavy atom. The average molecular weight is 285 g/mol. The molecule has 3 nitrogen and oxygen atoms in total. The van der Waals surface area contributed by atoms with Crippen LogP contribution in [0, 0.1) is 27.7 Å². The zero-order valence-corrected chi connectivity index (χ0v) is 14.1. The van der Waals surface area contributed by atoms with E-state index in [1.165, 1.54) is 27.9 Å². The van der Waals surface area contributed by atoms with Crippen LogP contribution in [0.2, 0.25) is 0 Å². The molecule has 0 amide bonds. The standard InChI is InChI=1S/C18H27N3/c1-7-10-19-18(16-9-8-12(2)11-13(16)3)17-14(4)20-21(6)15(17)5/h8-9,11,18-19H,7,10H2,1-6H3. The van der Waals surface area contributed by atoms with Crippen molar-refractivity contribution in [1.82, 2.24) is 15.1 Å². The Hall–Kier alpha value is -1.61. The molecular weight excluding hydrogens is 258 g/mol. The Labute approximate surface area is 128 Å². The summed E-state index contributed by atoms with van der Waals surface area (Å²) in [5.74, 6) is 0. The predicted octanol–water partition coefficient (Wildman–Crippen LogP) is 3.74. The number of hydrogen-bond donors (Lipinski definition) is 1. The molecule has 0 saturated carbocycles. The molecule has 1 aromatic heterocycles. The van der Waals surface area contributed by atoms with Gasteiger partial charge in [0.2, 0.25) is 0 Å². The Bertz CT molecular complexity index is 626. The van der Waals surface area contributed by atoms with Crippen molar-refractivity contribution >= 4 is 0 Å². The van der Waals surface area contributed by atoms with Crippen LogP contribution in [-0.4, -0.2) is 16.3 Å². The molecule has 1 aromatic carbocycles. The summed E-state index contributed by atoms with van der Waals surface area (Å²) >= 11 is 0. The fraction of sp³-hybridized carbons (Fsp3) is 0.500. The molecule has 0 aliphatic carbocycles. The molecule has 0 aliphatic heterocycles. The Balaban J connectivity index is 2.52. The van der Waals surface area contributed by atoms with Crippen LogP contribution in [0.4, 0.5) is 0 Å². The molecule has 2 aromatic rings. The third-order valence-electron chi connectivity index (χ3n) is 4.19. The molecule has 0 saturated heterocycles. The summed E-state index contributed by atoms with van der Waals surface area (Å²) < 4.78 is 1.98. The molecule has 0 fully saturated rings. The predicted molar refractivity (Wildman–Crippen MR) is 88.7 cm³/mol. The molecule has 0 spiro atoms. The molecule has 1 heterocycles. The van der Waals surface area contributed by atoms with Gasteiger partial charge in [-0.15, -0.1) is 0 Å². The van der Waals surface area contributed by atoms with Gasteiger partial charge in [0.05, 0.1) is 11.7 Å². The largest absolute Gasteiger partial charge is 0.306 e. The van der Waals surface area contributed by atoms with Gasteiger partial charge < -0.3 is 5.32 Å². The van der Waals surface area contributed by atoms with Crippen LogP contribution in [0.1, 0.15) is 53.0 Å². The lowest BCUT2D eigenvalue weighted by molar-refractivity contribution is 0.590. The minimum atomic E-state index is 0.222. The summed E-state index contributed by atoms with van der Waals surface area (Å²) in [6.07, 6.45) is 1.12. The Morgan fingerprint density at radius 3 is 2.43 bits per heavy atom. The molecule has 21 heavy (non-hydrogen) atoms. The first-order valence-electron chi connectivity index (χ1n) is 7.76. The average Bonchev–Trinajstić information content (AvgIpc) is 2.67. The van der Waals surface area contributed by atoms with Gasteiger partial charge in [0.1, 0.15) is 0 Å². The molecule has 0 bridgehead atoms. The van der Waals surface area contributed by atoms with Gasteiger partial charge in [-0.1, -0.05) is 30.7 Å². The summed E-state index contributed by atoms with van der Waals surface area (Å²) in [6, 6.07) is 6.93. The van der Waals surface area contributed by atoms with Crippen LogP contribution in [0.25, 0.3) is 0 Å². The van der Waals surface area contributed by atoms with Crippen molar-refractivity contribution < 1.29 is 0 Å². The summed E-state index contributed by atoms with van der Waals surface area (Å²) in [5.41, 5.74) is 7.67. The monoisotopic (exact) mass is 285 g/mol. The zero-order chi connectivity index (χ0) is 15.6. The zero-order valence-electron chi connectivity index (χ0n) is 14.1. The third-order valence-corrected chi connectivity index (χ3v) is 4.19.